The van der Waals surface area contributed by atoms with E-state index >= 15 is 0 Å². The molecule has 0 unspecified atom stereocenters. The summed E-state index contributed by atoms with van der Waals surface area (Å²) in [6.07, 6.45) is 1.25. The molecule has 1 N–H and O–H groups in total. The smallest absolute Gasteiger partial charge is 0.224 e. The van der Waals surface area contributed by atoms with Gasteiger partial charge in [0.05, 0.1) is 0 Å². The molecule has 0 aromatic heterocycles. The van der Waals surface area contributed by atoms with E-state index in [1.54, 1.807) is 0 Å². The van der Waals surface area contributed by atoms with E-state index in [-0.39, 0.29) is 5.91 Å². The number of nitrogens with one attached hydrogen (secondary N) is 1. The number of hydrogen-bond acceptors (Lipinski definition) is 1. The van der Waals surface area contributed by atoms with Crippen LogP contribution in [-0.4, -0.2) is 5.91 Å². The highest BCUT2D eigenvalue weighted by Crippen LogP contribution is 2.07. The average Bonchev–Trinajstić information content (AvgIpc) is 2.16. The van der Waals surface area contributed by atoms with Crippen LogP contribution in [0.3, 0.4) is 0 Å². The first-order chi connectivity index (χ1) is 6.68. The first-order valence-corrected chi connectivity index (χ1v) is 4.68. The fraction of sp³-hybridized carbons (Fsp3) is 0.250. The van der Waals surface area contributed by atoms with Crippen LogP contribution in [0.2, 0.25) is 0 Å². The van der Waals surface area contributed by atoms with Crippen LogP contribution in [0.25, 0.3) is 0 Å². The van der Waals surface area contributed by atoms with Gasteiger partial charge in [-0.25, -0.2) is 0 Å². The van der Waals surface area contributed by atoms with Crippen molar-refractivity contribution in [2.45, 2.75) is 19.8 Å². The molecule has 2 heteroatoms. The number of carbonyl (C=O) groups excluding carboxylic acids is 1. The van der Waals surface area contributed by atoms with Crippen LogP contribution in [-0.2, 0) is 4.79 Å². The van der Waals surface area contributed by atoms with Crippen molar-refractivity contribution >= 4 is 11.6 Å². The van der Waals surface area contributed by atoms with Crippen molar-refractivity contribution in [1.82, 2.24) is 0 Å². The molecule has 14 heavy (non-hydrogen) atoms. The van der Waals surface area contributed by atoms with Gasteiger partial charge in [-0.15, -0.1) is 6.58 Å². The second-order valence-electron chi connectivity index (χ2n) is 3.37. The summed E-state index contributed by atoms with van der Waals surface area (Å²) in [5.41, 5.74) is 1.88. The number of benzene rings is 1. The zero-order valence-electron chi connectivity index (χ0n) is 8.42. The Hall–Kier alpha value is -1.57. The Bertz CT molecular complexity index is 316. The van der Waals surface area contributed by atoms with Crippen LogP contribution in [0, 0.1) is 0 Å². The molecular formula is C12H15NO. The minimum atomic E-state index is 0.0409. The zero-order chi connectivity index (χ0) is 10.4. The summed E-state index contributed by atoms with van der Waals surface area (Å²) in [5, 5.41) is 2.82. The fourth-order valence-electron chi connectivity index (χ4n) is 1.07. The lowest BCUT2D eigenvalue weighted by Gasteiger charge is -2.04. The number of anilines is 1. The van der Waals surface area contributed by atoms with Gasteiger partial charge in [-0.05, 0) is 25.5 Å². The largest absolute Gasteiger partial charge is 0.326 e. The first kappa shape index (κ1) is 10.5. The van der Waals surface area contributed by atoms with Crippen LogP contribution in [0.15, 0.2) is 42.5 Å². The molecule has 0 atom stereocenters. The summed E-state index contributed by atoms with van der Waals surface area (Å²) in [4.78, 5) is 11.4. The molecule has 1 aromatic carbocycles. The van der Waals surface area contributed by atoms with Gasteiger partial charge in [0.15, 0.2) is 0 Å². The second-order valence-corrected chi connectivity index (χ2v) is 3.37. The lowest BCUT2D eigenvalue weighted by atomic mass is 10.2. The Kier molecular flexibility index (Phi) is 3.92. The van der Waals surface area contributed by atoms with E-state index in [2.05, 4.69) is 11.9 Å². The maximum absolute atomic E-state index is 11.4. The Morgan fingerprint density at radius 3 is 2.50 bits per heavy atom. The molecule has 0 aliphatic heterocycles. The third-order valence-corrected chi connectivity index (χ3v) is 1.84. The predicted octanol–water partition coefficient (Wildman–Crippen LogP) is 2.98. The van der Waals surface area contributed by atoms with E-state index in [0.29, 0.717) is 6.42 Å². The van der Waals surface area contributed by atoms with Crippen molar-refractivity contribution in [1.29, 1.82) is 0 Å². The molecule has 1 aromatic rings. The maximum atomic E-state index is 11.4. The monoisotopic (exact) mass is 189 g/mol. The molecule has 1 rings (SSSR count). The van der Waals surface area contributed by atoms with Crippen molar-refractivity contribution in [3.63, 3.8) is 0 Å². The zero-order valence-corrected chi connectivity index (χ0v) is 8.42. The summed E-state index contributed by atoms with van der Waals surface area (Å²) in [7, 11) is 0. The molecule has 1 amide bonds. The number of amides is 1. The van der Waals surface area contributed by atoms with Crippen LogP contribution in [0.4, 0.5) is 5.69 Å². The van der Waals surface area contributed by atoms with Crippen molar-refractivity contribution in [3.8, 4) is 0 Å². The highest BCUT2D eigenvalue weighted by Gasteiger charge is 2.00. The Labute approximate surface area is 84.6 Å². The van der Waals surface area contributed by atoms with Gasteiger partial charge in [0.2, 0.25) is 5.91 Å². The SMILES string of the molecule is C=C(C)CCC(=O)Nc1ccccc1. The third-order valence-electron chi connectivity index (χ3n) is 1.84. The summed E-state index contributed by atoms with van der Waals surface area (Å²) < 4.78 is 0. The van der Waals surface area contributed by atoms with Gasteiger partial charge in [0.25, 0.3) is 0 Å². The van der Waals surface area contributed by atoms with Crippen LogP contribution < -0.4 is 5.32 Å². The fourth-order valence-corrected chi connectivity index (χ4v) is 1.07. The molecule has 0 spiro atoms. The maximum Gasteiger partial charge on any atom is 0.224 e. The standard InChI is InChI=1S/C12H15NO/c1-10(2)8-9-12(14)13-11-6-4-3-5-7-11/h3-7H,1,8-9H2,2H3,(H,13,14). The van der Waals surface area contributed by atoms with E-state index in [0.717, 1.165) is 17.7 Å². The number of allylic oxidation sites excluding steroid dienone is 1. The van der Waals surface area contributed by atoms with E-state index < -0.39 is 0 Å². The minimum absolute atomic E-state index is 0.0409. The molecule has 0 saturated carbocycles. The van der Waals surface area contributed by atoms with E-state index in [4.69, 9.17) is 0 Å². The van der Waals surface area contributed by atoms with Gasteiger partial charge in [0, 0.05) is 12.1 Å². The van der Waals surface area contributed by atoms with Gasteiger partial charge in [-0.1, -0.05) is 23.8 Å². The summed E-state index contributed by atoms with van der Waals surface area (Å²) in [6, 6.07) is 9.46. The van der Waals surface area contributed by atoms with E-state index in [1.807, 2.05) is 37.3 Å². The lowest BCUT2D eigenvalue weighted by molar-refractivity contribution is -0.116. The molecule has 0 fully saturated rings. The van der Waals surface area contributed by atoms with Gasteiger partial charge in [0.1, 0.15) is 0 Å². The predicted molar refractivity (Wildman–Crippen MR) is 59.1 cm³/mol. The molecular weight excluding hydrogens is 174 g/mol. The average molecular weight is 189 g/mol. The van der Waals surface area contributed by atoms with Crippen LogP contribution in [0.5, 0.6) is 0 Å². The normalized spacial score (nSPS) is 9.50. The van der Waals surface area contributed by atoms with E-state index in [1.165, 1.54) is 0 Å². The van der Waals surface area contributed by atoms with Gasteiger partial charge in [-0.3, -0.25) is 4.79 Å². The first-order valence-electron chi connectivity index (χ1n) is 4.68. The van der Waals surface area contributed by atoms with Gasteiger partial charge in [-0.2, -0.15) is 0 Å². The van der Waals surface area contributed by atoms with Crippen LogP contribution in [0.1, 0.15) is 19.8 Å². The minimum Gasteiger partial charge on any atom is -0.326 e. The number of carbonyl (C=O) groups is 1. The van der Waals surface area contributed by atoms with Crippen molar-refractivity contribution in [2.24, 2.45) is 0 Å². The van der Waals surface area contributed by atoms with Crippen LogP contribution >= 0.6 is 0 Å². The molecule has 2 nitrogen and oxygen atoms in total. The number of rotatable bonds is 4. The molecule has 0 heterocycles. The van der Waals surface area contributed by atoms with Gasteiger partial charge < -0.3 is 5.32 Å². The molecule has 0 aliphatic carbocycles. The second kappa shape index (κ2) is 5.22. The summed E-state index contributed by atoms with van der Waals surface area (Å²) >= 11 is 0. The highest BCUT2D eigenvalue weighted by atomic mass is 16.1. The van der Waals surface area contributed by atoms with Crippen molar-refractivity contribution in [2.75, 3.05) is 5.32 Å². The lowest BCUT2D eigenvalue weighted by Crippen LogP contribution is -2.10. The quantitative estimate of drug-likeness (QED) is 0.725. The molecule has 0 saturated heterocycles. The summed E-state index contributed by atoms with van der Waals surface area (Å²) in [5.74, 6) is 0.0409. The van der Waals surface area contributed by atoms with Crippen molar-refractivity contribution in [3.05, 3.63) is 42.5 Å². The third kappa shape index (κ3) is 3.90. The molecule has 74 valence electrons. The molecule has 0 aliphatic rings. The highest BCUT2D eigenvalue weighted by molar-refractivity contribution is 5.90. The molecule has 0 bridgehead atoms. The Morgan fingerprint density at radius 2 is 1.93 bits per heavy atom. The summed E-state index contributed by atoms with van der Waals surface area (Å²) in [6.45, 7) is 5.68. The Balaban J connectivity index is 2.38. The Morgan fingerprint density at radius 1 is 1.29 bits per heavy atom. The van der Waals surface area contributed by atoms with Gasteiger partial charge >= 0.3 is 0 Å². The van der Waals surface area contributed by atoms with Crippen molar-refractivity contribution < 1.29 is 4.79 Å². The number of hydrogen-bond donors (Lipinski definition) is 1. The molecule has 0 radical (unpaired) electrons. The topological polar surface area (TPSA) is 29.1 Å². The van der Waals surface area contributed by atoms with E-state index in [9.17, 15) is 4.79 Å². The number of para-hydroxylation sites is 1.